The fourth-order valence-electron chi connectivity index (χ4n) is 3.70. The minimum atomic E-state index is -0.423. The number of carbonyl (C=O) groups excluding carboxylic acids is 2. The van der Waals surface area contributed by atoms with Gasteiger partial charge < -0.3 is 15.0 Å². The van der Waals surface area contributed by atoms with Crippen LogP contribution in [0.4, 0.5) is 0 Å². The van der Waals surface area contributed by atoms with E-state index in [2.05, 4.69) is 5.32 Å². The molecule has 0 spiro atoms. The highest BCUT2D eigenvalue weighted by molar-refractivity contribution is 5.97. The Balaban J connectivity index is 1.71. The summed E-state index contributed by atoms with van der Waals surface area (Å²) in [4.78, 5) is 26.8. The van der Waals surface area contributed by atoms with Gasteiger partial charge in [0.05, 0.1) is 18.6 Å². The van der Waals surface area contributed by atoms with E-state index < -0.39 is 5.91 Å². The van der Waals surface area contributed by atoms with E-state index in [4.69, 9.17) is 4.74 Å². The molecular formula is C25H27N3O3. The zero-order chi connectivity index (χ0) is 22.1. The second-order valence-electron chi connectivity index (χ2n) is 7.44. The molecule has 2 aromatic rings. The number of hydrogen-bond donors (Lipinski definition) is 1. The van der Waals surface area contributed by atoms with E-state index in [0.29, 0.717) is 32.5 Å². The van der Waals surface area contributed by atoms with Crippen LogP contribution in [0.15, 0.2) is 72.4 Å². The van der Waals surface area contributed by atoms with E-state index in [1.807, 2.05) is 71.6 Å². The lowest BCUT2D eigenvalue weighted by atomic mass is 9.97. The van der Waals surface area contributed by atoms with Crippen molar-refractivity contribution in [1.29, 1.82) is 5.26 Å². The summed E-state index contributed by atoms with van der Waals surface area (Å²) in [6.07, 6.45) is 2.89. The number of nitrogens with one attached hydrogen (secondary N) is 1. The third kappa shape index (κ3) is 5.95. The Kier molecular flexibility index (Phi) is 7.83. The van der Waals surface area contributed by atoms with Crippen molar-refractivity contribution in [2.75, 3.05) is 19.7 Å². The molecule has 160 valence electrons. The Morgan fingerprint density at radius 1 is 1.10 bits per heavy atom. The molecule has 1 aliphatic heterocycles. The number of likely N-dealkylation sites (tertiary alicyclic amines) is 1. The lowest BCUT2D eigenvalue weighted by Crippen LogP contribution is -2.35. The number of carbonyl (C=O) groups is 2. The number of nitriles is 1. The zero-order valence-electron chi connectivity index (χ0n) is 17.7. The van der Waals surface area contributed by atoms with E-state index in [0.717, 1.165) is 11.1 Å². The van der Waals surface area contributed by atoms with Gasteiger partial charge in [-0.2, -0.15) is 5.26 Å². The predicted molar refractivity (Wildman–Crippen MR) is 117 cm³/mol. The Morgan fingerprint density at radius 2 is 1.65 bits per heavy atom. The Hall–Kier alpha value is -3.59. The highest BCUT2D eigenvalue weighted by Gasteiger charge is 2.26. The molecule has 0 aliphatic carbocycles. The number of ether oxygens (including phenoxy) is 1. The van der Waals surface area contributed by atoms with Crippen molar-refractivity contribution >= 4 is 11.9 Å². The highest BCUT2D eigenvalue weighted by atomic mass is 16.5. The minimum absolute atomic E-state index is 0.0476. The largest absolute Gasteiger partial charge is 0.466 e. The molecule has 1 amide bonds. The molecule has 1 fully saturated rings. The molecule has 6 nitrogen and oxygen atoms in total. The van der Waals surface area contributed by atoms with E-state index in [-0.39, 0.29) is 23.5 Å². The van der Waals surface area contributed by atoms with Crippen LogP contribution in [-0.2, 0) is 14.3 Å². The van der Waals surface area contributed by atoms with E-state index >= 15 is 0 Å². The molecule has 1 heterocycles. The molecule has 0 radical (unpaired) electrons. The number of nitrogens with zero attached hydrogens (tertiary/aromatic N) is 2. The van der Waals surface area contributed by atoms with Gasteiger partial charge in [-0.05, 0) is 30.9 Å². The summed E-state index contributed by atoms with van der Waals surface area (Å²) in [7, 11) is 0. The Bertz CT molecular complexity index is 903. The average molecular weight is 418 g/mol. The van der Waals surface area contributed by atoms with Crippen LogP contribution in [-0.4, -0.2) is 36.5 Å². The summed E-state index contributed by atoms with van der Waals surface area (Å²) in [6.45, 7) is 3.37. The summed E-state index contributed by atoms with van der Waals surface area (Å²) in [6, 6.07) is 21.0. The molecule has 0 saturated carbocycles. The van der Waals surface area contributed by atoms with E-state index in [1.165, 1.54) is 0 Å². The van der Waals surface area contributed by atoms with Crippen LogP contribution in [0.5, 0.6) is 0 Å². The van der Waals surface area contributed by atoms with Crippen LogP contribution in [0.25, 0.3) is 0 Å². The van der Waals surface area contributed by atoms with Gasteiger partial charge in [0.1, 0.15) is 11.6 Å². The molecule has 0 aromatic heterocycles. The lowest BCUT2D eigenvalue weighted by Gasteiger charge is -2.30. The quantitative estimate of drug-likeness (QED) is 0.423. The van der Waals surface area contributed by atoms with Crippen LogP contribution < -0.4 is 5.32 Å². The zero-order valence-corrected chi connectivity index (χ0v) is 17.7. The van der Waals surface area contributed by atoms with Crippen molar-refractivity contribution in [3.8, 4) is 6.07 Å². The normalized spacial score (nSPS) is 14.7. The van der Waals surface area contributed by atoms with Gasteiger partial charge in [-0.1, -0.05) is 60.7 Å². The van der Waals surface area contributed by atoms with Gasteiger partial charge in [-0.3, -0.25) is 9.59 Å². The number of rotatable bonds is 7. The number of hydrogen-bond acceptors (Lipinski definition) is 5. The van der Waals surface area contributed by atoms with E-state index in [1.54, 1.807) is 13.1 Å². The minimum Gasteiger partial charge on any atom is -0.466 e. The first-order valence-electron chi connectivity index (χ1n) is 10.6. The summed E-state index contributed by atoms with van der Waals surface area (Å²) in [5.41, 5.74) is 1.93. The first-order valence-corrected chi connectivity index (χ1v) is 10.6. The monoisotopic (exact) mass is 417 g/mol. The predicted octanol–water partition coefficient (Wildman–Crippen LogP) is 3.57. The van der Waals surface area contributed by atoms with Gasteiger partial charge in [0.25, 0.3) is 5.91 Å². The molecular weight excluding hydrogens is 390 g/mol. The number of esters is 1. The lowest BCUT2D eigenvalue weighted by molar-refractivity contribution is -0.149. The first-order chi connectivity index (χ1) is 15.1. The maximum Gasteiger partial charge on any atom is 0.309 e. The van der Waals surface area contributed by atoms with E-state index in [9.17, 15) is 14.9 Å². The fourth-order valence-corrected chi connectivity index (χ4v) is 3.70. The standard InChI is InChI=1S/C25H27N3O3/c1-2-31-25(30)21-13-15-28(16-14-21)18-22(17-26)24(29)27-23(19-9-5-3-6-10-19)20-11-7-4-8-12-20/h3-12,18,21,23H,2,13-16H2,1H3,(H,27,29)/b22-18-. The van der Waals surface area contributed by atoms with Crippen LogP contribution in [0.1, 0.15) is 36.9 Å². The fraction of sp³-hybridized carbons (Fsp3) is 0.320. The highest BCUT2D eigenvalue weighted by Crippen LogP contribution is 2.23. The Labute approximate surface area is 183 Å². The first kappa shape index (κ1) is 22.1. The van der Waals surface area contributed by atoms with Crippen molar-refractivity contribution < 1.29 is 14.3 Å². The summed E-state index contributed by atoms with van der Waals surface area (Å²) in [5, 5.41) is 12.6. The third-order valence-electron chi connectivity index (χ3n) is 5.37. The molecule has 1 aliphatic rings. The number of amides is 1. The van der Waals surface area contributed by atoms with Gasteiger partial charge >= 0.3 is 5.97 Å². The molecule has 31 heavy (non-hydrogen) atoms. The smallest absolute Gasteiger partial charge is 0.309 e. The molecule has 1 saturated heterocycles. The SMILES string of the molecule is CCOC(=O)C1CCN(/C=C(/C#N)C(=O)NC(c2ccccc2)c2ccccc2)CC1. The Morgan fingerprint density at radius 3 is 2.13 bits per heavy atom. The summed E-state index contributed by atoms with van der Waals surface area (Å²) >= 11 is 0. The van der Waals surface area contributed by atoms with Gasteiger partial charge in [0.15, 0.2) is 0 Å². The topological polar surface area (TPSA) is 82.4 Å². The maximum absolute atomic E-state index is 13.0. The molecule has 0 atom stereocenters. The second-order valence-corrected chi connectivity index (χ2v) is 7.44. The molecule has 1 N–H and O–H groups in total. The van der Waals surface area contributed by atoms with Crippen LogP contribution >= 0.6 is 0 Å². The van der Waals surface area contributed by atoms with Gasteiger partial charge in [-0.25, -0.2) is 0 Å². The number of benzene rings is 2. The summed E-state index contributed by atoms with van der Waals surface area (Å²) in [5.74, 6) is -0.713. The van der Waals surface area contributed by atoms with Crippen LogP contribution in [0.2, 0.25) is 0 Å². The number of piperidine rings is 1. The maximum atomic E-state index is 13.0. The van der Waals surface area contributed by atoms with Crippen molar-refractivity contribution in [3.05, 3.63) is 83.6 Å². The van der Waals surface area contributed by atoms with Gasteiger partial charge in [0.2, 0.25) is 0 Å². The van der Waals surface area contributed by atoms with Crippen molar-refractivity contribution in [2.24, 2.45) is 5.92 Å². The summed E-state index contributed by atoms with van der Waals surface area (Å²) < 4.78 is 5.10. The molecule has 6 heteroatoms. The molecule has 2 aromatic carbocycles. The van der Waals surface area contributed by atoms with Crippen molar-refractivity contribution in [3.63, 3.8) is 0 Å². The second kappa shape index (κ2) is 11.0. The molecule has 0 bridgehead atoms. The van der Waals surface area contributed by atoms with Crippen LogP contribution in [0, 0.1) is 17.2 Å². The third-order valence-corrected chi connectivity index (χ3v) is 5.37. The van der Waals surface area contributed by atoms with Crippen molar-refractivity contribution in [2.45, 2.75) is 25.8 Å². The average Bonchev–Trinajstić information content (AvgIpc) is 2.82. The van der Waals surface area contributed by atoms with Crippen LogP contribution in [0.3, 0.4) is 0 Å². The van der Waals surface area contributed by atoms with Crippen molar-refractivity contribution in [1.82, 2.24) is 10.2 Å². The van der Waals surface area contributed by atoms with Gasteiger partial charge in [-0.15, -0.1) is 0 Å². The van der Waals surface area contributed by atoms with Gasteiger partial charge in [0, 0.05) is 19.3 Å². The molecule has 3 rings (SSSR count). The molecule has 0 unspecified atom stereocenters.